The smallest absolute Gasteiger partial charge is 0.308 e. The molecule has 1 amide bonds. The fraction of sp³-hybridized carbons (Fsp3) is 0.500. The van der Waals surface area contributed by atoms with Gasteiger partial charge in [-0.25, -0.2) is 0 Å². The zero-order valence-corrected chi connectivity index (χ0v) is 12.3. The van der Waals surface area contributed by atoms with Gasteiger partial charge in [0.1, 0.15) is 0 Å². The van der Waals surface area contributed by atoms with Crippen LogP contribution in [0.5, 0.6) is 0 Å². The average molecular weight is 279 g/mol. The Morgan fingerprint density at radius 1 is 1.45 bits per heavy atom. The maximum absolute atomic E-state index is 11.7. The fourth-order valence-electron chi connectivity index (χ4n) is 1.88. The molecule has 1 heterocycles. The lowest BCUT2D eigenvalue weighted by atomic mass is 10.1. The summed E-state index contributed by atoms with van der Waals surface area (Å²) in [4.78, 5) is 22.5. The number of aromatic nitrogens is 2. The van der Waals surface area contributed by atoms with Crippen LogP contribution < -0.4 is 5.32 Å². The fourth-order valence-corrected chi connectivity index (χ4v) is 1.88. The molecule has 1 aromatic heterocycles. The monoisotopic (exact) mass is 279 g/mol. The second-order valence-corrected chi connectivity index (χ2v) is 4.73. The Kier molecular flexibility index (Phi) is 5.49. The number of rotatable bonds is 6. The van der Waals surface area contributed by atoms with Gasteiger partial charge in [-0.05, 0) is 26.3 Å². The van der Waals surface area contributed by atoms with Crippen LogP contribution in [0.2, 0.25) is 0 Å². The van der Waals surface area contributed by atoms with Crippen molar-refractivity contribution >= 4 is 18.0 Å². The first kappa shape index (κ1) is 15.9. The highest BCUT2D eigenvalue weighted by Crippen LogP contribution is 2.13. The van der Waals surface area contributed by atoms with Gasteiger partial charge < -0.3 is 10.4 Å². The van der Waals surface area contributed by atoms with E-state index in [0.717, 1.165) is 17.0 Å². The second kappa shape index (κ2) is 6.88. The zero-order valence-electron chi connectivity index (χ0n) is 12.3. The molecule has 0 radical (unpaired) electrons. The number of carboxylic acids is 1. The molecule has 1 aromatic rings. The van der Waals surface area contributed by atoms with Crippen molar-refractivity contribution in [2.75, 3.05) is 6.54 Å². The third kappa shape index (κ3) is 3.94. The molecule has 0 aliphatic carbocycles. The van der Waals surface area contributed by atoms with Gasteiger partial charge in [0, 0.05) is 30.9 Å². The predicted molar refractivity (Wildman–Crippen MR) is 76.1 cm³/mol. The molecule has 6 heteroatoms. The topological polar surface area (TPSA) is 84.2 Å². The van der Waals surface area contributed by atoms with Crippen molar-refractivity contribution in [3.05, 3.63) is 23.0 Å². The summed E-state index contributed by atoms with van der Waals surface area (Å²) >= 11 is 0. The average Bonchev–Trinajstić information content (AvgIpc) is 2.61. The first-order valence-corrected chi connectivity index (χ1v) is 6.55. The van der Waals surface area contributed by atoms with Crippen LogP contribution in [0.4, 0.5) is 0 Å². The normalized spacial score (nSPS) is 12.6. The largest absolute Gasteiger partial charge is 0.481 e. The van der Waals surface area contributed by atoms with E-state index in [1.54, 1.807) is 17.7 Å². The molecule has 0 spiro atoms. The number of nitrogens with one attached hydrogen (secondary N) is 1. The molecule has 0 aromatic carbocycles. The van der Waals surface area contributed by atoms with E-state index in [4.69, 9.17) is 5.11 Å². The van der Waals surface area contributed by atoms with Gasteiger partial charge in [-0.15, -0.1) is 0 Å². The molecular formula is C14H21N3O3. The summed E-state index contributed by atoms with van der Waals surface area (Å²) in [7, 11) is 1.85. The first-order chi connectivity index (χ1) is 9.36. The van der Waals surface area contributed by atoms with Crippen LogP contribution in [0.25, 0.3) is 6.08 Å². The minimum atomic E-state index is -0.893. The number of carboxylic acid groups (broad SMARTS) is 1. The molecule has 2 N–H and O–H groups in total. The van der Waals surface area contributed by atoms with Gasteiger partial charge in [-0.1, -0.05) is 6.92 Å². The Morgan fingerprint density at radius 3 is 2.55 bits per heavy atom. The van der Waals surface area contributed by atoms with Gasteiger partial charge in [0.05, 0.1) is 11.6 Å². The van der Waals surface area contributed by atoms with Crippen molar-refractivity contribution in [2.24, 2.45) is 13.0 Å². The van der Waals surface area contributed by atoms with Gasteiger partial charge in [0.25, 0.3) is 0 Å². The lowest BCUT2D eigenvalue weighted by Crippen LogP contribution is -2.31. The van der Waals surface area contributed by atoms with Crippen molar-refractivity contribution < 1.29 is 14.7 Å². The maximum Gasteiger partial charge on any atom is 0.308 e. The number of aliphatic carboxylic acids is 1. The van der Waals surface area contributed by atoms with E-state index < -0.39 is 11.9 Å². The molecule has 0 saturated carbocycles. The molecule has 0 bridgehead atoms. The van der Waals surface area contributed by atoms with E-state index in [9.17, 15) is 9.59 Å². The highest BCUT2D eigenvalue weighted by atomic mass is 16.4. The maximum atomic E-state index is 11.7. The quantitative estimate of drug-likeness (QED) is 0.768. The number of amides is 1. The van der Waals surface area contributed by atoms with Gasteiger partial charge in [0.15, 0.2) is 0 Å². The Hall–Kier alpha value is -2.11. The summed E-state index contributed by atoms with van der Waals surface area (Å²) in [6.45, 7) is 5.72. The third-order valence-corrected chi connectivity index (χ3v) is 3.33. The van der Waals surface area contributed by atoms with Gasteiger partial charge in [-0.2, -0.15) is 5.10 Å². The molecule has 110 valence electrons. The van der Waals surface area contributed by atoms with Crippen LogP contribution in [-0.4, -0.2) is 33.3 Å². The third-order valence-electron chi connectivity index (χ3n) is 3.33. The molecule has 20 heavy (non-hydrogen) atoms. The van der Waals surface area contributed by atoms with Crippen LogP contribution in [0.1, 0.15) is 30.3 Å². The van der Waals surface area contributed by atoms with E-state index in [-0.39, 0.29) is 12.5 Å². The van der Waals surface area contributed by atoms with Gasteiger partial charge in [0.2, 0.25) is 5.91 Å². The van der Waals surface area contributed by atoms with Crippen molar-refractivity contribution in [2.45, 2.75) is 27.2 Å². The standard InChI is InChI=1S/C14H21N3O3/c1-5-11(14(19)20)8-15-13(18)7-6-12-9(2)16-17(4)10(12)3/h6-7,11H,5,8H2,1-4H3,(H,15,18)(H,19,20). The van der Waals surface area contributed by atoms with E-state index in [2.05, 4.69) is 10.4 Å². The lowest BCUT2D eigenvalue weighted by molar-refractivity contribution is -0.141. The molecule has 1 rings (SSSR count). The van der Waals surface area contributed by atoms with E-state index in [1.165, 1.54) is 6.08 Å². The first-order valence-electron chi connectivity index (χ1n) is 6.55. The summed E-state index contributed by atoms with van der Waals surface area (Å²) in [5.41, 5.74) is 2.74. The molecule has 0 aliphatic heterocycles. The number of hydrogen-bond donors (Lipinski definition) is 2. The van der Waals surface area contributed by atoms with Gasteiger partial charge in [-0.3, -0.25) is 14.3 Å². The molecular weight excluding hydrogens is 258 g/mol. The summed E-state index contributed by atoms with van der Waals surface area (Å²) in [6.07, 6.45) is 3.60. The van der Waals surface area contributed by atoms with Crippen LogP contribution in [0, 0.1) is 19.8 Å². The molecule has 0 saturated heterocycles. The van der Waals surface area contributed by atoms with Gasteiger partial charge >= 0.3 is 5.97 Å². The van der Waals surface area contributed by atoms with E-state index in [1.807, 2.05) is 20.9 Å². The number of carbonyl (C=O) groups excluding carboxylic acids is 1. The summed E-state index contributed by atoms with van der Waals surface area (Å²) < 4.78 is 1.75. The van der Waals surface area contributed by atoms with Crippen LogP contribution in [0.3, 0.4) is 0 Å². The van der Waals surface area contributed by atoms with Crippen LogP contribution in [0.15, 0.2) is 6.08 Å². The van der Waals surface area contributed by atoms with Crippen LogP contribution >= 0.6 is 0 Å². The summed E-state index contributed by atoms with van der Waals surface area (Å²) in [6, 6.07) is 0. The molecule has 0 fully saturated rings. The lowest BCUT2D eigenvalue weighted by Gasteiger charge is -2.09. The highest BCUT2D eigenvalue weighted by Gasteiger charge is 2.15. The summed E-state index contributed by atoms with van der Waals surface area (Å²) in [5.74, 6) is -1.74. The Bertz CT molecular complexity index is 532. The highest BCUT2D eigenvalue weighted by molar-refractivity contribution is 5.92. The number of aryl methyl sites for hydroxylation is 2. The Morgan fingerprint density at radius 2 is 2.10 bits per heavy atom. The summed E-state index contributed by atoms with van der Waals surface area (Å²) in [5, 5.41) is 15.7. The molecule has 6 nitrogen and oxygen atoms in total. The van der Waals surface area contributed by atoms with Crippen molar-refractivity contribution in [1.29, 1.82) is 0 Å². The minimum absolute atomic E-state index is 0.139. The van der Waals surface area contributed by atoms with Crippen LogP contribution in [-0.2, 0) is 16.6 Å². The van der Waals surface area contributed by atoms with E-state index in [0.29, 0.717) is 6.42 Å². The van der Waals surface area contributed by atoms with Crippen molar-refractivity contribution in [3.8, 4) is 0 Å². The second-order valence-electron chi connectivity index (χ2n) is 4.73. The van der Waals surface area contributed by atoms with Crippen molar-refractivity contribution in [3.63, 3.8) is 0 Å². The minimum Gasteiger partial charge on any atom is -0.481 e. The molecule has 1 atom stereocenters. The number of nitrogens with zero attached hydrogens (tertiary/aromatic N) is 2. The van der Waals surface area contributed by atoms with Crippen molar-refractivity contribution in [1.82, 2.24) is 15.1 Å². The SMILES string of the molecule is CCC(CNC(=O)C=Cc1c(C)nn(C)c1C)C(=O)O. The molecule has 0 aliphatic rings. The zero-order chi connectivity index (χ0) is 15.3. The Balaban J connectivity index is 2.62. The number of carbonyl (C=O) groups is 2. The molecule has 1 unspecified atom stereocenters. The van der Waals surface area contributed by atoms with E-state index >= 15 is 0 Å². The number of hydrogen-bond acceptors (Lipinski definition) is 3. The Labute approximate surface area is 118 Å². The predicted octanol–water partition coefficient (Wildman–Crippen LogP) is 1.28.